The van der Waals surface area contributed by atoms with Crippen LogP contribution in [0.15, 0.2) is 22.7 Å². The van der Waals surface area contributed by atoms with Crippen molar-refractivity contribution in [2.24, 2.45) is 0 Å². The molecule has 1 aromatic rings. The van der Waals surface area contributed by atoms with E-state index >= 15 is 0 Å². The molecule has 0 spiro atoms. The van der Waals surface area contributed by atoms with E-state index in [2.05, 4.69) is 15.9 Å². The molecule has 0 radical (unpaired) electrons. The summed E-state index contributed by atoms with van der Waals surface area (Å²) in [4.78, 5) is 10.4. The van der Waals surface area contributed by atoms with E-state index in [-0.39, 0.29) is 16.3 Å². The molecule has 0 aliphatic heterocycles. The van der Waals surface area contributed by atoms with E-state index in [0.717, 1.165) is 6.07 Å². The molecule has 1 rings (SSSR count). The second-order valence-electron chi connectivity index (χ2n) is 2.32. The highest BCUT2D eigenvalue weighted by Crippen LogP contribution is 2.33. The van der Waals surface area contributed by atoms with E-state index in [1.54, 1.807) is 0 Å². The zero-order valence-corrected chi connectivity index (χ0v) is 7.82. The smallest absolute Gasteiger partial charge is 0.298 e. The Labute approximate surface area is 80.7 Å². The third kappa shape index (κ3) is 2.09. The molecule has 0 N–H and O–H groups in total. The van der Waals surface area contributed by atoms with Gasteiger partial charge in [-0.05, 0) is 12.1 Å². The summed E-state index contributed by atoms with van der Waals surface area (Å²) in [6.45, 7) is 0. The number of carbonyl (C=O) groups excluding carboxylic acids is 1. The van der Waals surface area contributed by atoms with Crippen LogP contribution in [0.4, 0.5) is 13.2 Å². The summed E-state index contributed by atoms with van der Waals surface area (Å²) in [6.07, 6.45) is -4.30. The minimum atomic E-state index is -4.49. The Bertz CT molecular complexity index is 333. The fraction of sp³-hybridized carbons (Fsp3) is 0.125. The Balaban J connectivity index is 3.37. The highest BCUT2D eigenvalue weighted by atomic mass is 79.9. The van der Waals surface area contributed by atoms with Gasteiger partial charge in [-0.2, -0.15) is 13.2 Å². The molecule has 0 atom stereocenters. The molecule has 0 aliphatic rings. The second kappa shape index (κ2) is 3.49. The van der Waals surface area contributed by atoms with E-state index in [1.807, 2.05) is 0 Å². The standard InChI is InChI=1S/C8H4BrF3O/c9-7-3-1-2-6(5(7)4-13)8(10,11)12/h1-4H. The predicted octanol–water partition coefficient (Wildman–Crippen LogP) is 3.28. The molecular formula is C8H4BrF3O. The van der Waals surface area contributed by atoms with Crippen LogP contribution < -0.4 is 0 Å². The SMILES string of the molecule is O=Cc1c(Br)cccc1C(F)(F)F. The zero-order chi connectivity index (χ0) is 10.1. The van der Waals surface area contributed by atoms with Crippen LogP contribution in [-0.4, -0.2) is 6.29 Å². The van der Waals surface area contributed by atoms with Crippen LogP contribution in [0.25, 0.3) is 0 Å². The van der Waals surface area contributed by atoms with Crippen LogP contribution in [0.2, 0.25) is 0 Å². The number of hydrogen-bond acceptors (Lipinski definition) is 1. The molecule has 0 fully saturated rings. The first kappa shape index (κ1) is 10.2. The first-order valence-electron chi connectivity index (χ1n) is 3.27. The lowest BCUT2D eigenvalue weighted by Crippen LogP contribution is -2.08. The van der Waals surface area contributed by atoms with Crippen LogP contribution in [0, 0.1) is 0 Å². The van der Waals surface area contributed by atoms with Crippen molar-refractivity contribution in [2.75, 3.05) is 0 Å². The molecule has 70 valence electrons. The maximum atomic E-state index is 12.2. The van der Waals surface area contributed by atoms with Crippen molar-refractivity contribution in [1.82, 2.24) is 0 Å². The summed E-state index contributed by atoms with van der Waals surface area (Å²) < 4.78 is 36.9. The third-order valence-corrected chi connectivity index (χ3v) is 2.17. The van der Waals surface area contributed by atoms with Gasteiger partial charge in [-0.3, -0.25) is 4.79 Å². The van der Waals surface area contributed by atoms with Crippen molar-refractivity contribution in [2.45, 2.75) is 6.18 Å². The molecular weight excluding hydrogens is 249 g/mol. The van der Waals surface area contributed by atoms with Gasteiger partial charge < -0.3 is 0 Å². The van der Waals surface area contributed by atoms with Crippen LogP contribution in [0.5, 0.6) is 0 Å². The Morgan fingerprint density at radius 1 is 1.31 bits per heavy atom. The van der Waals surface area contributed by atoms with Crippen LogP contribution in [0.3, 0.4) is 0 Å². The molecule has 1 nitrogen and oxygen atoms in total. The van der Waals surface area contributed by atoms with Gasteiger partial charge >= 0.3 is 6.18 Å². The van der Waals surface area contributed by atoms with Crippen molar-refractivity contribution < 1.29 is 18.0 Å². The second-order valence-corrected chi connectivity index (χ2v) is 3.17. The summed E-state index contributed by atoms with van der Waals surface area (Å²) in [7, 11) is 0. The number of alkyl halides is 3. The number of aldehydes is 1. The molecule has 0 saturated carbocycles. The van der Waals surface area contributed by atoms with Gasteiger partial charge in [0.15, 0.2) is 6.29 Å². The molecule has 0 bridgehead atoms. The molecule has 0 aliphatic carbocycles. The molecule has 5 heteroatoms. The average Bonchev–Trinajstić information content (AvgIpc) is 2.02. The molecule has 0 unspecified atom stereocenters. The lowest BCUT2D eigenvalue weighted by Gasteiger charge is -2.09. The Morgan fingerprint density at radius 3 is 2.31 bits per heavy atom. The van der Waals surface area contributed by atoms with Gasteiger partial charge in [0.05, 0.1) is 5.56 Å². The minimum absolute atomic E-state index is 0.150. The topological polar surface area (TPSA) is 17.1 Å². The number of carbonyl (C=O) groups is 1. The number of halogens is 4. The van der Waals surface area contributed by atoms with Crippen molar-refractivity contribution in [3.05, 3.63) is 33.8 Å². The minimum Gasteiger partial charge on any atom is -0.298 e. The first-order chi connectivity index (χ1) is 5.96. The van der Waals surface area contributed by atoms with Gasteiger partial charge in [-0.1, -0.05) is 22.0 Å². The van der Waals surface area contributed by atoms with Gasteiger partial charge in [0.25, 0.3) is 0 Å². The number of hydrogen-bond donors (Lipinski definition) is 0. The predicted molar refractivity (Wildman–Crippen MR) is 44.5 cm³/mol. The van der Waals surface area contributed by atoms with Crippen molar-refractivity contribution in [1.29, 1.82) is 0 Å². The van der Waals surface area contributed by atoms with Crippen LogP contribution >= 0.6 is 15.9 Å². The lowest BCUT2D eigenvalue weighted by atomic mass is 10.1. The van der Waals surface area contributed by atoms with E-state index in [4.69, 9.17) is 0 Å². The molecule has 0 amide bonds. The normalized spacial score (nSPS) is 11.4. The molecule has 0 saturated heterocycles. The first-order valence-corrected chi connectivity index (χ1v) is 4.07. The quantitative estimate of drug-likeness (QED) is 0.702. The summed E-state index contributed by atoms with van der Waals surface area (Å²) >= 11 is 2.87. The van der Waals surface area contributed by atoms with Crippen LogP contribution in [-0.2, 0) is 6.18 Å². The van der Waals surface area contributed by atoms with Gasteiger partial charge in [0.2, 0.25) is 0 Å². The fourth-order valence-corrected chi connectivity index (χ4v) is 1.36. The van der Waals surface area contributed by atoms with E-state index in [9.17, 15) is 18.0 Å². The largest absolute Gasteiger partial charge is 0.417 e. The monoisotopic (exact) mass is 252 g/mol. The van der Waals surface area contributed by atoms with E-state index < -0.39 is 11.7 Å². The van der Waals surface area contributed by atoms with Gasteiger partial charge in [0, 0.05) is 10.0 Å². The third-order valence-electron chi connectivity index (χ3n) is 1.48. The van der Waals surface area contributed by atoms with E-state index in [0.29, 0.717) is 0 Å². The van der Waals surface area contributed by atoms with Gasteiger partial charge in [-0.15, -0.1) is 0 Å². The maximum Gasteiger partial charge on any atom is 0.417 e. The van der Waals surface area contributed by atoms with Crippen molar-refractivity contribution >= 4 is 22.2 Å². The number of benzene rings is 1. The molecule has 13 heavy (non-hydrogen) atoms. The molecule has 1 aromatic carbocycles. The van der Waals surface area contributed by atoms with Gasteiger partial charge in [0.1, 0.15) is 0 Å². The lowest BCUT2D eigenvalue weighted by molar-refractivity contribution is -0.137. The molecule has 0 heterocycles. The maximum absolute atomic E-state index is 12.2. The summed E-state index contributed by atoms with van der Waals surface area (Å²) in [5, 5.41) is 0. The Kier molecular flexibility index (Phi) is 2.75. The Hall–Kier alpha value is -0.840. The fourth-order valence-electron chi connectivity index (χ4n) is 0.904. The van der Waals surface area contributed by atoms with Crippen molar-refractivity contribution in [3.8, 4) is 0 Å². The summed E-state index contributed by atoms with van der Waals surface area (Å²) in [5.41, 5.74) is -1.29. The number of rotatable bonds is 1. The van der Waals surface area contributed by atoms with Gasteiger partial charge in [-0.25, -0.2) is 0 Å². The Morgan fingerprint density at radius 2 is 1.92 bits per heavy atom. The summed E-state index contributed by atoms with van der Waals surface area (Å²) in [5.74, 6) is 0. The average molecular weight is 253 g/mol. The zero-order valence-electron chi connectivity index (χ0n) is 6.23. The van der Waals surface area contributed by atoms with E-state index in [1.165, 1.54) is 12.1 Å². The molecule has 0 aromatic heterocycles. The highest BCUT2D eigenvalue weighted by molar-refractivity contribution is 9.10. The van der Waals surface area contributed by atoms with Crippen LogP contribution in [0.1, 0.15) is 15.9 Å². The highest BCUT2D eigenvalue weighted by Gasteiger charge is 2.33. The summed E-state index contributed by atoms with van der Waals surface area (Å²) in [6, 6.07) is 3.49. The van der Waals surface area contributed by atoms with Crippen molar-refractivity contribution in [3.63, 3.8) is 0 Å².